The Morgan fingerprint density at radius 1 is 0.933 bits per heavy atom. The van der Waals surface area contributed by atoms with Gasteiger partial charge in [-0.2, -0.15) is 0 Å². The molecule has 0 amide bonds. The third-order valence-corrected chi connectivity index (χ3v) is 5.92. The Hall–Kier alpha value is -1.30. The molecule has 6 heteroatoms. The summed E-state index contributed by atoms with van der Waals surface area (Å²) in [7, 11) is 0. The molecule has 0 aliphatic carbocycles. The average Bonchev–Trinajstić information content (AvgIpc) is 2.72. The molecule has 0 fully saturated rings. The van der Waals surface area contributed by atoms with Gasteiger partial charge in [-0.15, -0.1) is 0 Å². The van der Waals surface area contributed by atoms with E-state index in [2.05, 4.69) is 28.2 Å². The molecule has 0 bridgehead atoms. The van der Waals surface area contributed by atoms with Crippen molar-refractivity contribution in [2.45, 2.75) is 65.5 Å². The van der Waals surface area contributed by atoms with Crippen LogP contribution >= 0.6 is 27.5 Å². The first kappa shape index (κ1) is 25.0. The van der Waals surface area contributed by atoms with E-state index in [4.69, 9.17) is 21.1 Å². The van der Waals surface area contributed by atoms with Crippen molar-refractivity contribution in [1.29, 1.82) is 0 Å². The summed E-state index contributed by atoms with van der Waals surface area (Å²) >= 11 is 9.75. The number of rotatable bonds is 14. The molecular weight excluding hydrogens is 469 g/mol. The monoisotopic (exact) mass is 499 g/mol. The highest BCUT2D eigenvalue weighted by atomic mass is 79.9. The van der Waals surface area contributed by atoms with Gasteiger partial charge in [-0.3, -0.25) is 0 Å². The fourth-order valence-electron chi connectivity index (χ4n) is 3.14. The minimum Gasteiger partial charge on any atom is -0.490 e. The first-order valence-corrected chi connectivity index (χ1v) is 11.9. The molecule has 0 atom stereocenters. The van der Waals surface area contributed by atoms with E-state index < -0.39 is 0 Å². The zero-order valence-electron chi connectivity index (χ0n) is 17.9. The highest BCUT2D eigenvalue weighted by Gasteiger charge is 2.12. The van der Waals surface area contributed by atoms with Gasteiger partial charge >= 0.3 is 0 Å². The maximum absolute atomic E-state index is 13.2. The lowest BCUT2D eigenvalue weighted by molar-refractivity contribution is 0.268. The van der Waals surface area contributed by atoms with Gasteiger partial charge in [-0.1, -0.05) is 72.6 Å². The molecule has 2 aromatic carbocycles. The number of ether oxygens (including phenoxy) is 2. The summed E-state index contributed by atoms with van der Waals surface area (Å²) in [5, 5.41) is 3.86. The molecule has 3 nitrogen and oxygen atoms in total. The number of unbranched alkanes of at least 4 members (excludes halogenated alkanes) is 5. The molecule has 0 saturated carbocycles. The predicted molar refractivity (Wildman–Crippen MR) is 126 cm³/mol. The zero-order chi connectivity index (χ0) is 21.8. The molecule has 0 heterocycles. The second kappa shape index (κ2) is 13.9. The van der Waals surface area contributed by atoms with E-state index in [-0.39, 0.29) is 12.4 Å². The van der Waals surface area contributed by atoms with Crippen LogP contribution in [-0.2, 0) is 13.2 Å². The van der Waals surface area contributed by atoms with Crippen LogP contribution in [0.2, 0.25) is 5.02 Å². The van der Waals surface area contributed by atoms with E-state index in [1.165, 1.54) is 50.7 Å². The molecule has 30 heavy (non-hydrogen) atoms. The molecule has 0 saturated heterocycles. The van der Waals surface area contributed by atoms with Crippen LogP contribution in [0.5, 0.6) is 11.5 Å². The molecular formula is C24H32BrClFNO2. The summed E-state index contributed by atoms with van der Waals surface area (Å²) in [6.45, 7) is 6.73. The maximum Gasteiger partial charge on any atom is 0.162 e. The largest absolute Gasteiger partial charge is 0.490 e. The van der Waals surface area contributed by atoms with E-state index in [9.17, 15) is 4.39 Å². The summed E-state index contributed by atoms with van der Waals surface area (Å²) in [6.07, 6.45) is 7.74. The minimum absolute atomic E-state index is 0.237. The van der Waals surface area contributed by atoms with E-state index >= 15 is 0 Å². The highest BCUT2D eigenvalue weighted by Crippen LogP contribution is 2.35. The Labute approximate surface area is 193 Å². The summed E-state index contributed by atoms with van der Waals surface area (Å²) in [5.41, 5.74) is 1.85. The molecule has 0 radical (unpaired) electrons. The Morgan fingerprint density at radius 2 is 1.67 bits per heavy atom. The molecule has 2 aromatic rings. The highest BCUT2D eigenvalue weighted by molar-refractivity contribution is 9.10. The topological polar surface area (TPSA) is 30.5 Å². The zero-order valence-corrected chi connectivity index (χ0v) is 20.3. The molecule has 0 unspecified atom stereocenters. The Bertz CT molecular complexity index is 788. The second-order valence-electron chi connectivity index (χ2n) is 7.29. The van der Waals surface area contributed by atoms with Crippen molar-refractivity contribution < 1.29 is 13.9 Å². The van der Waals surface area contributed by atoms with Crippen LogP contribution in [0.4, 0.5) is 4.39 Å². The molecule has 0 aliphatic rings. The van der Waals surface area contributed by atoms with Gasteiger partial charge in [0, 0.05) is 16.6 Å². The summed E-state index contributed by atoms with van der Waals surface area (Å²) in [5.74, 6) is 0.957. The van der Waals surface area contributed by atoms with Gasteiger partial charge < -0.3 is 14.8 Å². The van der Waals surface area contributed by atoms with Gasteiger partial charge in [0.05, 0.1) is 11.6 Å². The number of nitrogens with one attached hydrogen (secondary N) is 1. The predicted octanol–water partition coefficient (Wildman–Crippen LogP) is 7.67. The second-order valence-corrected chi connectivity index (χ2v) is 8.55. The van der Waals surface area contributed by atoms with Crippen molar-refractivity contribution in [3.63, 3.8) is 0 Å². The van der Waals surface area contributed by atoms with E-state index in [0.717, 1.165) is 28.7 Å². The summed E-state index contributed by atoms with van der Waals surface area (Å²) < 4.78 is 25.9. The number of benzene rings is 2. The van der Waals surface area contributed by atoms with Gasteiger partial charge in [0.15, 0.2) is 11.5 Å². The molecule has 0 aliphatic heterocycles. The van der Waals surface area contributed by atoms with Crippen LogP contribution in [0.1, 0.15) is 63.5 Å². The van der Waals surface area contributed by atoms with Gasteiger partial charge in [-0.25, -0.2) is 4.39 Å². The Kier molecular flexibility index (Phi) is 11.6. The van der Waals surface area contributed by atoms with Crippen molar-refractivity contribution in [3.05, 3.63) is 56.8 Å². The first-order chi connectivity index (χ1) is 14.5. The van der Waals surface area contributed by atoms with Crippen molar-refractivity contribution in [3.8, 4) is 11.5 Å². The standard InChI is InChI=1S/C24H32BrClFNO2/c1-3-5-6-7-8-9-12-28-16-19-13-23(29-4-2)24(15-21(19)25)30-17-18-10-11-20(27)14-22(18)26/h10-11,13-15,28H,3-9,12,16-17H2,1-2H3. The lowest BCUT2D eigenvalue weighted by Crippen LogP contribution is -2.15. The van der Waals surface area contributed by atoms with Crippen molar-refractivity contribution in [2.24, 2.45) is 0 Å². The fourth-order valence-corrected chi connectivity index (χ4v) is 3.83. The van der Waals surface area contributed by atoms with Crippen LogP contribution in [0.3, 0.4) is 0 Å². The molecule has 2 rings (SSSR count). The normalized spacial score (nSPS) is 11.0. The van der Waals surface area contributed by atoms with Crippen molar-refractivity contribution >= 4 is 27.5 Å². The Balaban J connectivity index is 1.92. The van der Waals surface area contributed by atoms with E-state index in [0.29, 0.717) is 23.1 Å². The Morgan fingerprint density at radius 3 is 2.40 bits per heavy atom. The van der Waals surface area contributed by atoms with Crippen LogP contribution < -0.4 is 14.8 Å². The molecule has 0 spiro atoms. The maximum atomic E-state index is 13.2. The number of hydrogen-bond donors (Lipinski definition) is 1. The van der Waals surface area contributed by atoms with E-state index in [1.54, 1.807) is 6.07 Å². The quantitative estimate of drug-likeness (QED) is 0.270. The summed E-state index contributed by atoms with van der Waals surface area (Å²) in [4.78, 5) is 0. The molecule has 0 aromatic heterocycles. The van der Waals surface area contributed by atoms with Crippen molar-refractivity contribution in [2.75, 3.05) is 13.2 Å². The third-order valence-electron chi connectivity index (χ3n) is 4.83. The number of hydrogen-bond acceptors (Lipinski definition) is 3. The molecule has 166 valence electrons. The smallest absolute Gasteiger partial charge is 0.162 e. The van der Waals surface area contributed by atoms with E-state index in [1.807, 2.05) is 19.1 Å². The fraction of sp³-hybridized carbons (Fsp3) is 0.500. The van der Waals surface area contributed by atoms with Gasteiger partial charge in [0.1, 0.15) is 12.4 Å². The van der Waals surface area contributed by atoms with Gasteiger partial charge in [0.25, 0.3) is 0 Å². The lowest BCUT2D eigenvalue weighted by Gasteiger charge is -2.16. The van der Waals surface area contributed by atoms with Crippen LogP contribution in [-0.4, -0.2) is 13.2 Å². The minimum atomic E-state index is -0.362. The average molecular weight is 501 g/mol. The summed E-state index contributed by atoms with van der Waals surface area (Å²) in [6, 6.07) is 8.22. The van der Waals surface area contributed by atoms with Crippen LogP contribution in [0.25, 0.3) is 0 Å². The van der Waals surface area contributed by atoms with Gasteiger partial charge in [0.2, 0.25) is 0 Å². The van der Waals surface area contributed by atoms with Crippen LogP contribution in [0.15, 0.2) is 34.8 Å². The van der Waals surface area contributed by atoms with Gasteiger partial charge in [-0.05, 0) is 49.7 Å². The third kappa shape index (κ3) is 8.44. The number of halogens is 3. The molecule has 1 N–H and O–H groups in total. The van der Waals surface area contributed by atoms with Crippen molar-refractivity contribution in [1.82, 2.24) is 5.32 Å². The van der Waals surface area contributed by atoms with Crippen LogP contribution in [0, 0.1) is 5.82 Å². The SMILES string of the molecule is CCCCCCCCNCc1cc(OCC)c(OCc2ccc(F)cc2Cl)cc1Br. The lowest BCUT2D eigenvalue weighted by atomic mass is 10.1. The first-order valence-electron chi connectivity index (χ1n) is 10.8.